The maximum atomic E-state index is 9.53. The van der Waals surface area contributed by atoms with Gasteiger partial charge in [-0.25, -0.2) is 0 Å². The average Bonchev–Trinajstić information content (AvgIpc) is 2.29. The largest absolute Gasteiger partial charge is 0.508 e. The van der Waals surface area contributed by atoms with Crippen LogP contribution in [0.1, 0.15) is 5.56 Å². The molecule has 0 bridgehead atoms. The molecule has 0 atom stereocenters. The number of phenolic OH excluding ortho intramolecular Hbond substituents is 1. The van der Waals surface area contributed by atoms with Crippen molar-refractivity contribution in [1.82, 2.24) is 4.98 Å². The third-order valence-electron chi connectivity index (χ3n) is 2.14. The first-order chi connectivity index (χ1) is 7.36. The summed E-state index contributed by atoms with van der Waals surface area (Å²) in [6, 6.07) is 11.1. The van der Waals surface area contributed by atoms with E-state index in [1.807, 2.05) is 30.3 Å². The summed E-state index contributed by atoms with van der Waals surface area (Å²) in [5.41, 5.74) is 1.82. The number of phenols is 1. The molecule has 0 fully saturated rings. The minimum Gasteiger partial charge on any atom is -0.508 e. The zero-order valence-electron chi connectivity index (χ0n) is 8.22. The molecule has 0 aliphatic heterocycles. The second kappa shape index (κ2) is 4.46. The molecule has 0 saturated heterocycles. The van der Waals surface area contributed by atoms with E-state index in [4.69, 9.17) is 0 Å². The fraction of sp³-hybridized carbons (Fsp3) is 0.0833. The molecule has 0 spiro atoms. The third-order valence-corrected chi connectivity index (χ3v) is 2.14. The van der Waals surface area contributed by atoms with Gasteiger partial charge in [-0.05, 0) is 18.2 Å². The van der Waals surface area contributed by atoms with Gasteiger partial charge >= 0.3 is 0 Å². The molecule has 0 aliphatic carbocycles. The third kappa shape index (κ3) is 2.47. The molecule has 2 N–H and O–H groups in total. The smallest absolute Gasteiger partial charge is 0.120 e. The number of anilines is 1. The van der Waals surface area contributed by atoms with Crippen LogP contribution in [0, 0.1) is 0 Å². The van der Waals surface area contributed by atoms with Crippen LogP contribution in [0.25, 0.3) is 0 Å². The Morgan fingerprint density at radius 3 is 2.73 bits per heavy atom. The maximum Gasteiger partial charge on any atom is 0.120 e. The van der Waals surface area contributed by atoms with Crippen molar-refractivity contribution in [1.29, 1.82) is 0 Å². The Morgan fingerprint density at radius 1 is 1.13 bits per heavy atom. The fourth-order valence-corrected chi connectivity index (χ4v) is 1.32. The molecule has 0 saturated carbocycles. The number of hydrogen-bond donors (Lipinski definition) is 2. The molecule has 1 aromatic heterocycles. The highest BCUT2D eigenvalue weighted by molar-refractivity contribution is 5.42. The van der Waals surface area contributed by atoms with Crippen LogP contribution >= 0.6 is 0 Å². The van der Waals surface area contributed by atoms with Crippen molar-refractivity contribution >= 4 is 5.69 Å². The molecule has 76 valence electrons. The second-order valence-electron chi connectivity index (χ2n) is 3.22. The molecule has 0 unspecified atom stereocenters. The summed E-state index contributed by atoms with van der Waals surface area (Å²) in [5.74, 6) is 0.314. The van der Waals surface area contributed by atoms with Crippen LogP contribution in [-0.4, -0.2) is 10.1 Å². The monoisotopic (exact) mass is 200 g/mol. The quantitative estimate of drug-likeness (QED) is 0.799. The zero-order chi connectivity index (χ0) is 10.5. The Hall–Kier alpha value is -2.03. The SMILES string of the molecule is Oc1ccccc1CNc1cccnc1. The normalized spacial score (nSPS) is 9.87. The number of rotatable bonds is 3. The van der Waals surface area contributed by atoms with Gasteiger partial charge in [-0.15, -0.1) is 0 Å². The van der Waals surface area contributed by atoms with Gasteiger partial charge in [0.25, 0.3) is 0 Å². The van der Waals surface area contributed by atoms with Crippen molar-refractivity contribution in [3.63, 3.8) is 0 Å². The topological polar surface area (TPSA) is 45.1 Å². The standard InChI is InChI=1S/C12H12N2O/c15-12-6-2-1-4-10(12)8-14-11-5-3-7-13-9-11/h1-7,9,14-15H,8H2. The molecule has 1 aromatic carbocycles. The predicted molar refractivity (Wildman–Crippen MR) is 59.7 cm³/mol. The predicted octanol–water partition coefficient (Wildman–Crippen LogP) is 2.40. The van der Waals surface area contributed by atoms with E-state index in [2.05, 4.69) is 10.3 Å². The molecule has 0 amide bonds. The van der Waals surface area contributed by atoms with Gasteiger partial charge in [0.15, 0.2) is 0 Å². The molecule has 2 rings (SSSR count). The van der Waals surface area contributed by atoms with Crippen molar-refractivity contribution in [2.24, 2.45) is 0 Å². The van der Waals surface area contributed by atoms with Crippen molar-refractivity contribution in [3.05, 3.63) is 54.4 Å². The first-order valence-corrected chi connectivity index (χ1v) is 4.77. The minimum atomic E-state index is 0.314. The van der Waals surface area contributed by atoms with E-state index >= 15 is 0 Å². The number of aromatic hydroxyl groups is 1. The molecular formula is C12H12N2O. The lowest BCUT2D eigenvalue weighted by atomic mass is 10.2. The molecule has 0 radical (unpaired) electrons. The number of para-hydroxylation sites is 1. The number of nitrogens with one attached hydrogen (secondary N) is 1. The maximum absolute atomic E-state index is 9.53. The Kier molecular flexibility index (Phi) is 2.83. The van der Waals surface area contributed by atoms with Crippen LogP contribution in [0.2, 0.25) is 0 Å². The summed E-state index contributed by atoms with van der Waals surface area (Å²) in [7, 11) is 0. The van der Waals surface area contributed by atoms with Crippen LogP contribution in [0.3, 0.4) is 0 Å². The Labute approximate surface area is 88.4 Å². The van der Waals surface area contributed by atoms with Gasteiger partial charge < -0.3 is 10.4 Å². The van der Waals surface area contributed by atoms with Crippen molar-refractivity contribution in [2.75, 3.05) is 5.32 Å². The van der Waals surface area contributed by atoms with E-state index in [0.29, 0.717) is 12.3 Å². The first-order valence-electron chi connectivity index (χ1n) is 4.77. The van der Waals surface area contributed by atoms with Crippen LogP contribution in [0.4, 0.5) is 5.69 Å². The van der Waals surface area contributed by atoms with Crippen molar-refractivity contribution in [2.45, 2.75) is 6.54 Å². The van der Waals surface area contributed by atoms with Crippen LogP contribution in [0.15, 0.2) is 48.8 Å². The van der Waals surface area contributed by atoms with E-state index in [0.717, 1.165) is 11.3 Å². The van der Waals surface area contributed by atoms with Gasteiger partial charge in [0.2, 0.25) is 0 Å². The number of benzene rings is 1. The molecule has 2 aromatic rings. The average molecular weight is 200 g/mol. The molecular weight excluding hydrogens is 188 g/mol. The summed E-state index contributed by atoms with van der Waals surface area (Å²) < 4.78 is 0. The molecule has 0 aliphatic rings. The minimum absolute atomic E-state index is 0.314. The Balaban J connectivity index is 2.03. The highest BCUT2D eigenvalue weighted by atomic mass is 16.3. The van der Waals surface area contributed by atoms with Crippen molar-refractivity contribution in [3.8, 4) is 5.75 Å². The van der Waals surface area contributed by atoms with E-state index < -0.39 is 0 Å². The molecule has 15 heavy (non-hydrogen) atoms. The first kappa shape index (κ1) is 9.52. The van der Waals surface area contributed by atoms with E-state index in [9.17, 15) is 5.11 Å². The summed E-state index contributed by atoms with van der Waals surface area (Å²) in [5, 5.41) is 12.7. The summed E-state index contributed by atoms with van der Waals surface area (Å²) in [6.45, 7) is 0.596. The van der Waals surface area contributed by atoms with E-state index in [1.165, 1.54) is 0 Å². The van der Waals surface area contributed by atoms with Gasteiger partial charge in [-0.3, -0.25) is 4.98 Å². The van der Waals surface area contributed by atoms with Crippen LogP contribution in [0.5, 0.6) is 5.75 Å². The number of aromatic nitrogens is 1. The molecule has 3 nitrogen and oxygen atoms in total. The number of nitrogens with zero attached hydrogens (tertiary/aromatic N) is 1. The summed E-state index contributed by atoms with van der Waals surface area (Å²) in [6.07, 6.45) is 3.48. The Morgan fingerprint density at radius 2 is 2.00 bits per heavy atom. The van der Waals surface area contributed by atoms with Crippen molar-refractivity contribution < 1.29 is 5.11 Å². The second-order valence-corrected chi connectivity index (χ2v) is 3.22. The number of hydrogen-bond acceptors (Lipinski definition) is 3. The fourth-order valence-electron chi connectivity index (χ4n) is 1.32. The lowest BCUT2D eigenvalue weighted by Gasteiger charge is -2.06. The summed E-state index contributed by atoms with van der Waals surface area (Å²) in [4.78, 5) is 3.99. The van der Waals surface area contributed by atoms with E-state index in [1.54, 1.807) is 18.5 Å². The highest BCUT2D eigenvalue weighted by Crippen LogP contribution is 2.16. The molecule has 3 heteroatoms. The highest BCUT2D eigenvalue weighted by Gasteiger charge is 1.98. The van der Waals surface area contributed by atoms with Gasteiger partial charge in [-0.2, -0.15) is 0 Å². The van der Waals surface area contributed by atoms with Crippen LogP contribution in [-0.2, 0) is 6.54 Å². The van der Waals surface area contributed by atoms with Gasteiger partial charge in [0.1, 0.15) is 5.75 Å². The van der Waals surface area contributed by atoms with Crippen LogP contribution < -0.4 is 5.32 Å². The summed E-state index contributed by atoms with van der Waals surface area (Å²) >= 11 is 0. The van der Waals surface area contributed by atoms with Gasteiger partial charge in [-0.1, -0.05) is 18.2 Å². The van der Waals surface area contributed by atoms with E-state index in [-0.39, 0.29) is 0 Å². The van der Waals surface area contributed by atoms with Gasteiger partial charge in [0, 0.05) is 24.5 Å². The number of pyridine rings is 1. The van der Waals surface area contributed by atoms with Gasteiger partial charge in [0.05, 0.1) is 5.69 Å². The Bertz CT molecular complexity index is 429. The molecule has 1 heterocycles. The lowest BCUT2D eigenvalue weighted by molar-refractivity contribution is 0.469. The lowest BCUT2D eigenvalue weighted by Crippen LogP contribution is -1.99. The zero-order valence-corrected chi connectivity index (χ0v) is 8.22.